The van der Waals surface area contributed by atoms with Crippen molar-refractivity contribution in [2.24, 2.45) is 5.92 Å². The van der Waals surface area contributed by atoms with Crippen molar-refractivity contribution >= 4 is 11.6 Å². The van der Waals surface area contributed by atoms with Crippen LogP contribution in [0.3, 0.4) is 0 Å². The van der Waals surface area contributed by atoms with Crippen molar-refractivity contribution in [2.45, 2.75) is 32.3 Å². The van der Waals surface area contributed by atoms with E-state index in [1.807, 2.05) is 39.0 Å². The molecule has 0 aliphatic carbocycles. The molecule has 2 aromatic rings. The minimum atomic E-state index is -0.910. The first-order valence-electron chi connectivity index (χ1n) is 9.29. The summed E-state index contributed by atoms with van der Waals surface area (Å²) in [5, 5.41) is 18.2. The second-order valence-corrected chi connectivity index (χ2v) is 7.82. The normalized spacial score (nSPS) is 13.8. The van der Waals surface area contributed by atoms with Crippen molar-refractivity contribution in [3.8, 4) is 11.5 Å². The predicted octanol–water partition coefficient (Wildman–Crippen LogP) is 4.14. The van der Waals surface area contributed by atoms with Gasteiger partial charge in [0.15, 0.2) is 11.6 Å². The lowest BCUT2D eigenvalue weighted by atomic mass is 9.78. The lowest BCUT2D eigenvalue weighted by Crippen LogP contribution is -2.21. The standard InChI is InChI=1S/C22H28ClFO4/c1-15(11-23)13-28-21-9-6-17(10-20(21)24)22(2,3)16-4-7-19(8-5-16)27-14-18(26)12-25/h4-10,15,18,25-26H,11-14H2,1-3H3/t15-,18+/m0/s1. The second kappa shape index (κ2) is 10.1. The van der Waals surface area contributed by atoms with Gasteiger partial charge in [-0.25, -0.2) is 4.39 Å². The van der Waals surface area contributed by atoms with Gasteiger partial charge in [0, 0.05) is 17.2 Å². The van der Waals surface area contributed by atoms with E-state index in [0.717, 1.165) is 11.1 Å². The zero-order chi connectivity index (χ0) is 20.7. The zero-order valence-corrected chi connectivity index (χ0v) is 17.2. The van der Waals surface area contributed by atoms with Gasteiger partial charge in [0.2, 0.25) is 0 Å². The molecule has 0 unspecified atom stereocenters. The van der Waals surface area contributed by atoms with Gasteiger partial charge >= 0.3 is 0 Å². The maximum atomic E-state index is 14.5. The van der Waals surface area contributed by atoms with Crippen molar-refractivity contribution in [2.75, 3.05) is 25.7 Å². The van der Waals surface area contributed by atoms with Crippen LogP contribution in [0.5, 0.6) is 11.5 Å². The molecule has 0 bridgehead atoms. The van der Waals surface area contributed by atoms with Gasteiger partial charge in [-0.1, -0.05) is 39.0 Å². The number of alkyl halides is 1. The van der Waals surface area contributed by atoms with Crippen molar-refractivity contribution in [1.82, 2.24) is 0 Å². The third-order valence-corrected chi connectivity index (χ3v) is 5.20. The molecule has 0 saturated heterocycles. The van der Waals surface area contributed by atoms with Gasteiger partial charge in [-0.2, -0.15) is 0 Å². The monoisotopic (exact) mass is 410 g/mol. The molecule has 0 radical (unpaired) electrons. The van der Waals surface area contributed by atoms with Gasteiger partial charge < -0.3 is 19.7 Å². The van der Waals surface area contributed by atoms with Crippen LogP contribution in [0.4, 0.5) is 4.39 Å². The van der Waals surface area contributed by atoms with Crippen LogP contribution < -0.4 is 9.47 Å². The minimum Gasteiger partial charge on any atom is -0.491 e. The fourth-order valence-corrected chi connectivity index (χ4v) is 2.75. The number of ether oxygens (including phenoxy) is 2. The molecule has 2 aromatic carbocycles. The number of aliphatic hydroxyl groups is 2. The SMILES string of the molecule is C[C@@H](CCl)COc1ccc(C(C)(C)c2ccc(OC[C@H](O)CO)cc2)cc1F. The van der Waals surface area contributed by atoms with E-state index in [9.17, 15) is 9.50 Å². The first kappa shape index (κ1) is 22.5. The Balaban J connectivity index is 2.11. The lowest BCUT2D eigenvalue weighted by molar-refractivity contribution is 0.0536. The third-order valence-electron chi connectivity index (χ3n) is 4.67. The summed E-state index contributed by atoms with van der Waals surface area (Å²) < 4.78 is 25.4. The van der Waals surface area contributed by atoms with Crippen LogP contribution in [0.15, 0.2) is 42.5 Å². The van der Waals surface area contributed by atoms with E-state index in [4.69, 9.17) is 26.2 Å². The van der Waals surface area contributed by atoms with Crippen molar-refractivity contribution in [3.63, 3.8) is 0 Å². The maximum absolute atomic E-state index is 14.5. The Morgan fingerprint density at radius 1 is 1.04 bits per heavy atom. The highest BCUT2D eigenvalue weighted by Crippen LogP contribution is 2.34. The fraction of sp³-hybridized carbons (Fsp3) is 0.455. The number of hydrogen-bond acceptors (Lipinski definition) is 4. The molecule has 28 heavy (non-hydrogen) atoms. The number of rotatable bonds is 10. The predicted molar refractivity (Wildman–Crippen MR) is 109 cm³/mol. The highest BCUT2D eigenvalue weighted by atomic mass is 35.5. The van der Waals surface area contributed by atoms with Crippen LogP contribution >= 0.6 is 11.6 Å². The molecule has 0 amide bonds. The van der Waals surface area contributed by atoms with E-state index < -0.39 is 17.3 Å². The van der Waals surface area contributed by atoms with Gasteiger partial charge in [0.1, 0.15) is 18.5 Å². The van der Waals surface area contributed by atoms with Crippen molar-refractivity contribution in [3.05, 3.63) is 59.4 Å². The van der Waals surface area contributed by atoms with Crippen LogP contribution in [0.25, 0.3) is 0 Å². The summed E-state index contributed by atoms with van der Waals surface area (Å²) in [5.74, 6) is 1.03. The van der Waals surface area contributed by atoms with Crippen molar-refractivity contribution < 1.29 is 24.1 Å². The molecule has 0 spiro atoms. The molecular weight excluding hydrogens is 383 g/mol. The van der Waals surface area contributed by atoms with Crippen molar-refractivity contribution in [1.29, 1.82) is 0 Å². The Hall–Kier alpha value is -1.82. The summed E-state index contributed by atoms with van der Waals surface area (Å²) in [6.07, 6.45) is -0.910. The summed E-state index contributed by atoms with van der Waals surface area (Å²) in [6, 6.07) is 12.4. The summed E-state index contributed by atoms with van der Waals surface area (Å²) in [7, 11) is 0. The summed E-state index contributed by atoms with van der Waals surface area (Å²) in [5.41, 5.74) is 1.39. The first-order chi connectivity index (χ1) is 13.3. The number of halogens is 2. The molecule has 2 atom stereocenters. The van der Waals surface area contributed by atoms with E-state index in [0.29, 0.717) is 18.2 Å². The van der Waals surface area contributed by atoms with E-state index in [-0.39, 0.29) is 24.9 Å². The van der Waals surface area contributed by atoms with Crippen LogP contribution in [-0.4, -0.2) is 42.0 Å². The average molecular weight is 411 g/mol. The number of aliphatic hydroxyl groups excluding tert-OH is 2. The number of hydrogen-bond donors (Lipinski definition) is 2. The average Bonchev–Trinajstić information content (AvgIpc) is 2.70. The van der Waals surface area contributed by atoms with Gasteiger partial charge in [-0.15, -0.1) is 11.6 Å². The Morgan fingerprint density at radius 2 is 1.68 bits per heavy atom. The third kappa shape index (κ3) is 5.84. The zero-order valence-electron chi connectivity index (χ0n) is 16.5. The van der Waals surface area contributed by atoms with Gasteiger partial charge in [0.25, 0.3) is 0 Å². The molecule has 2 rings (SSSR count). The summed E-state index contributed by atoms with van der Waals surface area (Å²) in [4.78, 5) is 0. The molecule has 6 heteroatoms. The van der Waals surface area contributed by atoms with E-state index in [1.54, 1.807) is 18.2 Å². The molecule has 0 aliphatic rings. The van der Waals surface area contributed by atoms with Crippen LogP contribution in [-0.2, 0) is 5.41 Å². The second-order valence-electron chi connectivity index (χ2n) is 7.51. The first-order valence-corrected chi connectivity index (χ1v) is 9.82. The fourth-order valence-electron chi connectivity index (χ4n) is 2.66. The van der Waals surface area contributed by atoms with E-state index >= 15 is 0 Å². The topological polar surface area (TPSA) is 58.9 Å². The van der Waals surface area contributed by atoms with Crippen LogP contribution in [0, 0.1) is 11.7 Å². The Kier molecular flexibility index (Phi) is 8.10. The lowest BCUT2D eigenvalue weighted by Gasteiger charge is -2.27. The Labute approximate surface area is 170 Å². The molecule has 0 fully saturated rings. The van der Waals surface area contributed by atoms with Crippen LogP contribution in [0.2, 0.25) is 0 Å². The molecular formula is C22H28ClFO4. The summed E-state index contributed by atoms with van der Waals surface area (Å²) >= 11 is 5.76. The Bertz CT molecular complexity index is 749. The quantitative estimate of drug-likeness (QED) is 0.578. The Morgan fingerprint density at radius 3 is 2.25 bits per heavy atom. The molecule has 2 N–H and O–H groups in total. The van der Waals surface area contributed by atoms with Gasteiger partial charge in [0.05, 0.1) is 13.2 Å². The largest absolute Gasteiger partial charge is 0.491 e. The van der Waals surface area contributed by atoms with E-state index in [1.165, 1.54) is 6.07 Å². The summed E-state index contributed by atoms with van der Waals surface area (Å²) in [6.45, 7) is 6.03. The molecule has 0 heterocycles. The molecule has 0 aliphatic heterocycles. The molecule has 0 aromatic heterocycles. The number of benzene rings is 2. The van der Waals surface area contributed by atoms with Gasteiger partial charge in [-0.3, -0.25) is 0 Å². The molecule has 4 nitrogen and oxygen atoms in total. The molecule has 154 valence electrons. The van der Waals surface area contributed by atoms with Gasteiger partial charge in [-0.05, 0) is 35.4 Å². The molecule has 0 saturated carbocycles. The van der Waals surface area contributed by atoms with Crippen LogP contribution in [0.1, 0.15) is 31.9 Å². The minimum absolute atomic E-state index is 0.0221. The highest BCUT2D eigenvalue weighted by Gasteiger charge is 2.24. The highest BCUT2D eigenvalue weighted by molar-refractivity contribution is 6.18. The van der Waals surface area contributed by atoms with E-state index in [2.05, 4.69) is 0 Å². The maximum Gasteiger partial charge on any atom is 0.165 e. The smallest absolute Gasteiger partial charge is 0.165 e.